The van der Waals surface area contributed by atoms with Gasteiger partial charge in [0, 0.05) is 23.9 Å². The van der Waals surface area contributed by atoms with Crippen LogP contribution in [0.5, 0.6) is 0 Å². The first-order valence-electron chi connectivity index (χ1n) is 10.1. The molecule has 1 aliphatic heterocycles. The van der Waals surface area contributed by atoms with Gasteiger partial charge in [0.2, 0.25) is 0 Å². The average Bonchev–Trinajstić information content (AvgIpc) is 3.24. The number of hydrogen-bond acceptors (Lipinski definition) is 5. The third kappa shape index (κ3) is 4.87. The molecule has 0 N–H and O–H groups in total. The third-order valence-corrected chi connectivity index (χ3v) is 6.44. The number of aryl methyl sites for hydroxylation is 1. The van der Waals surface area contributed by atoms with Crippen LogP contribution in [-0.4, -0.2) is 44.5 Å². The molecule has 1 aromatic rings. The van der Waals surface area contributed by atoms with Gasteiger partial charge in [-0.25, -0.2) is 4.99 Å². The molecule has 0 spiro atoms. The van der Waals surface area contributed by atoms with Gasteiger partial charge < -0.3 is 9.64 Å². The Balaban J connectivity index is 1.89. The summed E-state index contributed by atoms with van der Waals surface area (Å²) in [5.41, 5.74) is 1.57. The van der Waals surface area contributed by atoms with Crippen LogP contribution in [0.4, 0.5) is 11.4 Å². The maximum atomic E-state index is 11.0. The Morgan fingerprint density at radius 1 is 1.32 bits per heavy atom. The lowest BCUT2D eigenvalue weighted by atomic mass is 10.1. The van der Waals surface area contributed by atoms with Gasteiger partial charge in [-0.3, -0.25) is 10.1 Å². The first kappa shape index (κ1) is 21.1. The minimum absolute atomic E-state index is 0.109. The molecule has 0 bridgehead atoms. The van der Waals surface area contributed by atoms with Crippen LogP contribution in [0.3, 0.4) is 0 Å². The molecule has 3 rings (SSSR count). The van der Waals surface area contributed by atoms with Crippen molar-refractivity contribution in [3.8, 4) is 0 Å². The molecule has 0 radical (unpaired) electrons. The zero-order chi connectivity index (χ0) is 20.5. The number of benzene rings is 1. The number of ether oxygens (including phenoxy) is 1. The van der Waals surface area contributed by atoms with Gasteiger partial charge in [-0.15, -0.1) is 0 Å². The second-order valence-corrected chi connectivity index (χ2v) is 9.77. The topological polar surface area (TPSA) is 68.0 Å². The molecule has 1 saturated heterocycles. The number of amidine groups is 1. The van der Waals surface area contributed by atoms with Crippen LogP contribution in [-0.2, 0) is 4.74 Å². The highest BCUT2D eigenvalue weighted by Crippen LogP contribution is 2.38. The van der Waals surface area contributed by atoms with Crippen LogP contribution in [0.1, 0.15) is 58.9 Å². The van der Waals surface area contributed by atoms with Crippen molar-refractivity contribution >= 4 is 28.3 Å². The maximum absolute atomic E-state index is 11.0. The van der Waals surface area contributed by atoms with Crippen LogP contribution >= 0.6 is 11.8 Å². The molecular formula is C21H31N3O3S. The second kappa shape index (κ2) is 8.41. The number of nitro groups is 1. The molecule has 2 aliphatic rings. The van der Waals surface area contributed by atoms with E-state index >= 15 is 0 Å². The van der Waals surface area contributed by atoms with E-state index in [4.69, 9.17) is 9.73 Å². The van der Waals surface area contributed by atoms with E-state index in [-0.39, 0.29) is 22.3 Å². The summed E-state index contributed by atoms with van der Waals surface area (Å²) < 4.78 is 6.29. The van der Waals surface area contributed by atoms with Crippen molar-refractivity contribution in [2.75, 3.05) is 5.75 Å². The van der Waals surface area contributed by atoms with E-state index in [2.05, 4.69) is 32.6 Å². The Bertz CT molecular complexity index is 754. The van der Waals surface area contributed by atoms with Gasteiger partial charge >= 0.3 is 0 Å². The highest BCUT2D eigenvalue weighted by atomic mass is 32.2. The summed E-state index contributed by atoms with van der Waals surface area (Å²) in [5.74, 6) is 0.957. The Morgan fingerprint density at radius 2 is 2.00 bits per heavy atom. The average molecular weight is 406 g/mol. The van der Waals surface area contributed by atoms with Crippen LogP contribution in [0.25, 0.3) is 0 Å². The SMILES string of the molecule is Cc1cc([N+](=O)[O-])ccc1/N=C1\SC[C@@H]([C@@H](C)OC(C)(C)C)N1C1CCCC1. The van der Waals surface area contributed by atoms with Crippen molar-refractivity contribution in [1.29, 1.82) is 0 Å². The molecule has 28 heavy (non-hydrogen) atoms. The lowest BCUT2D eigenvalue weighted by molar-refractivity contribution is -0.384. The summed E-state index contributed by atoms with van der Waals surface area (Å²) in [7, 11) is 0. The van der Waals surface area contributed by atoms with E-state index in [1.54, 1.807) is 23.9 Å². The number of rotatable bonds is 5. The molecule has 0 aromatic heterocycles. The van der Waals surface area contributed by atoms with Gasteiger partial charge in [-0.1, -0.05) is 24.6 Å². The normalized spacial score (nSPS) is 23.5. The fourth-order valence-corrected chi connectivity index (χ4v) is 5.48. The fraction of sp³-hybridized carbons (Fsp3) is 0.667. The number of nitro benzene ring substituents is 1. The number of hydrogen-bond donors (Lipinski definition) is 0. The maximum Gasteiger partial charge on any atom is 0.269 e. The first-order valence-corrected chi connectivity index (χ1v) is 11.1. The zero-order valence-electron chi connectivity index (χ0n) is 17.5. The molecule has 154 valence electrons. The van der Waals surface area contributed by atoms with Crippen LogP contribution in [0.15, 0.2) is 23.2 Å². The van der Waals surface area contributed by atoms with Crippen molar-refractivity contribution in [3.05, 3.63) is 33.9 Å². The van der Waals surface area contributed by atoms with Crippen molar-refractivity contribution in [1.82, 2.24) is 4.90 Å². The minimum Gasteiger partial charge on any atom is -0.371 e. The molecule has 2 fully saturated rings. The van der Waals surface area contributed by atoms with E-state index in [0.29, 0.717) is 12.1 Å². The number of aliphatic imine (C=N–C) groups is 1. The smallest absolute Gasteiger partial charge is 0.269 e. The van der Waals surface area contributed by atoms with E-state index in [1.165, 1.54) is 31.7 Å². The van der Waals surface area contributed by atoms with Crippen molar-refractivity contribution < 1.29 is 9.66 Å². The van der Waals surface area contributed by atoms with E-state index < -0.39 is 0 Å². The summed E-state index contributed by atoms with van der Waals surface area (Å²) in [6.07, 6.45) is 5.02. The Morgan fingerprint density at radius 3 is 2.57 bits per heavy atom. The minimum atomic E-state index is -0.360. The lowest BCUT2D eigenvalue weighted by Gasteiger charge is -2.37. The van der Waals surface area contributed by atoms with E-state index in [0.717, 1.165) is 22.2 Å². The third-order valence-electron chi connectivity index (χ3n) is 5.37. The van der Waals surface area contributed by atoms with Gasteiger partial charge in [-0.2, -0.15) is 0 Å². The summed E-state index contributed by atoms with van der Waals surface area (Å²) in [4.78, 5) is 18.1. The van der Waals surface area contributed by atoms with Gasteiger partial charge in [0.15, 0.2) is 5.17 Å². The molecule has 0 amide bonds. The molecule has 1 saturated carbocycles. The molecule has 1 aliphatic carbocycles. The predicted octanol–water partition coefficient (Wildman–Crippen LogP) is 5.45. The lowest BCUT2D eigenvalue weighted by Crippen LogP contribution is -2.48. The molecule has 6 nitrogen and oxygen atoms in total. The largest absolute Gasteiger partial charge is 0.371 e. The highest BCUT2D eigenvalue weighted by Gasteiger charge is 2.40. The summed E-state index contributed by atoms with van der Waals surface area (Å²) in [5, 5.41) is 12.0. The van der Waals surface area contributed by atoms with Crippen molar-refractivity contribution in [2.24, 2.45) is 4.99 Å². The second-order valence-electron chi connectivity index (χ2n) is 8.78. The molecule has 1 heterocycles. The monoisotopic (exact) mass is 405 g/mol. The van der Waals surface area contributed by atoms with Gasteiger partial charge in [0.05, 0.1) is 28.4 Å². The van der Waals surface area contributed by atoms with Crippen LogP contribution in [0, 0.1) is 17.0 Å². The Kier molecular flexibility index (Phi) is 6.34. The van der Waals surface area contributed by atoms with Crippen molar-refractivity contribution in [3.63, 3.8) is 0 Å². The first-order chi connectivity index (χ1) is 13.2. The molecule has 1 aromatic carbocycles. The van der Waals surface area contributed by atoms with Crippen LogP contribution < -0.4 is 0 Å². The number of nitrogens with zero attached hydrogens (tertiary/aromatic N) is 3. The predicted molar refractivity (Wildman–Crippen MR) is 116 cm³/mol. The zero-order valence-corrected chi connectivity index (χ0v) is 18.3. The quantitative estimate of drug-likeness (QED) is 0.481. The highest BCUT2D eigenvalue weighted by molar-refractivity contribution is 8.14. The molecule has 7 heteroatoms. The number of non-ortho nitro benzene ring substituents is 1. The van der Waals surface area contributed by atoms with E-state index in [1.807, 2.05) is 6.92 Å². The van der Waals surface area contributed by atoms with Crippen molar-refractivity contribution in [2.45, 2.75) is 84.1 Å². The molecular weight excluding hydrogens is 374 g/mol. The fourth-order valence-electron chi connectivity index (χ4n) is 4.14. The van der Waals surface area contributed by atoms with Crippen LogP contribution in [0.2, 0.25) is 0 Å². The van der Waals surface area contributed by atoms with Gasteiger partial charge in [0.25, 0.3) is 5.69 Å². The summed E-state index contributed by atoms with van der Waals surface area (Å²) in [6.45, 7) is 10.3. The molecule has 0 unspecified atom stereocenters. The Labute approximate surface area is 171 Å². The summed E-state index contributed by atoms with van der Waals surface area (Å²) in [6, 6.07) is 5.69. The van der Waals surface area contributed by atoms with E-state index in [9.17, 15) is 10.1 Å². The summed E-state index contributed by atoms with van der Waals surface area (Å²) >= 11 is 1.78. The van der Waals surface area contributed by atoms with Gasteiger partial charge in [-0.05, 0) is 59.1 Å². The standard InChI is InChI=1S/C21H31N3O3S/c1-14-12-17(24(25)26)10-11-18(14)22-20-23(16-8-6-7-9-16)19(13-28-20)15(2)27-21(3,4)5/h10-12,15-16,19H,6-9,13H2,1-5H3/b22-20-/t15-,19+/m1/s1. The molecule has 2 atom stereocenters. The number of thioether (sulfide) groups is 1. The Hall–Kier alpha value is -1.60. The van der Waals surface area contributed by atoms with Gasteiger partial charge in [0.1, 0.15) is 0 Å².